The monoisotopic (exact) mass is 426 g/mol. The van der Waals surface area contributed by atoms with Crippen molar-refractivity contribution >= 4 is 23.0 Å². The van der Waals surface area contributed by atoms with E-state index in [0.29, 0.717) is 24.3 Å². The third kappa shape index (κ3) is 6.05. The van der Waals surface area contributed by atoms with Crippen LogP contribution in [0, 0.1) is 22.7 Å². The first-order chi connectivity index (χ1) is 15.1. The van der Waals surface area contributed by atoms with Gasteiger partial charge >= 0.3 is 0 Å². The molecule has 1 atom stereocenters. The first-order valence-electron chi connectivity index (χ1n) is 10.4. The number of rotatable bonds is 7. The molecule has 2 aromatic carbocycles. The Hall–Kier alpha value is -3.40. The molecule has 1 aliphatic carbocycles. The standard InChI is InChI=1S/C27H23ClN2O/c28-27-15-5-4-14-25(27)22(12-6-8-20-9-7-13-24(31)16-20)17-26(23(18-29)19-30)21-10-2-1-3-11-21/h1-6,8,10-11,14-16,22H,7,9,12-13,17H2/b8-6+/t22-/m0/s1. The quantitative estimate of drug-likeness (QED) is 0.450. The number of halogens is 1. The molecule has 0 amide bonds. The summed E-state index contributed by atoms with van der Waals surface area (Å²) in [4.78, 5) is 11.7. The van der Waals surface area contributed by atoms with Crippen LogP contribution >= 0.6 is 11.6 Å². The summed E-state index contributed by atoms with van der Waals surface area (Å²) in [5.74, 6) is 0.160. The van der Waals surface area contributed by atoms with Crippen molar-refractivity contribution in [2.45, 2.75) is 38.0 Å². The van der Waals surface area contributed by atoms with Crippen LogP contribution in [-0.4, -0.2) is 5.78 Å². The zero-order valence-electron chi connectivity index (χ0n) is 17.2. The van der Waals surface area contributed by atoms with Gasteiger partial charge < -0.3 is 0 Å². The van der Waals surface area contributed by atoms with E-state index in [-0.39, 0.29) is 17.3 Å². The summed E-state index contributed by atoms with van der Waals surface area (Å²) >= 11 is 6.52. The first-order valence-corrected chi connectivity index (χ1v) is 10.7. The second-order valence-electron chi connectivity index (χ2n) is 7.54. The average molecular weight is 427 g/mol. The van der Waals surface area contributed by atoms with Crippen molar-refractivity contribution in [1.82, 2.24) is 0 Å². The van der Waals surface area contributed by atoms with Crippen molar-refractivity contribution < 1.29 is 4.79 Å². The van der Waals surface area contributed by atoms with Crippen LogP contribution in [0.2, 0.25) is 5.02 Å². The third-order valence-corrected chi connectivity index (χ3v) is 5.77. The summed E-state index contributed by atoms with van der Waals surface area (Å²) in [6, 6.07) is 21.3. The van der Waals surface area contributed by atoms with Gasteiger partial charge in [0.1, 0.15) is 17.7 Å². The highest BCUT2D eigenvalue weighted by molar-refractivity contribution is 6.31. The van der Waals surface area contributed by atoms with Crippen LogP contribution in [0.1, 0.15) is 49.1 Å². The normalized spacial score (nSPS) is 14.4. The van der Waals surface area contributed by atoms with Crippen molar-refractivity contribution in [3.63, 3.8) is 0 Å². The predicted octanol–water partition coefficient (Wildman–Crippen LogP) is 6.94. The molecule has 0 saturated carbocycles. The largest absolute Gasteiger partial charge is 0.295 e. The molecule has 4 heteroatoms. The van der Waals surface area contributed by atoms with E-state index in [1.807, 2.05) is 60.7 Å². The number of hydrogen-bond donors (Lipinski definition) is 0. The van der Waals surface area contributed by atoms with Gasteiger partial charge in [0.05, 0.1) is 0 Å². The summed E-state index contributed by atoms with van der Waals surface area (Å²) < 4.78 is 0. The van der Waals surface area contributed by atoms with Crippen LogP contribution in [0.5, 0.6) is 0 Å². The topological polar surface area (TPSA) is 64.7 Å². The lowest BCUT2D eigenvalue weighted by Gasteiger charge is -2.20. The summed E-state index contributed by atoms with van der Waals surface area (Å²) in [5, 5.41) is 19.8. The Kier molecular flexibility index (Phi) is 7.99. The van der Waals surface area contributed by atoms with Gasteiger partial charge in [-0.15, -0.1) is 0 Å². The van der Waals surface area contributed by atoms with Crippen LogP contribution < -0.4 is 0 Å². The zero-order chi connectivity index (χ0) is 22.1. The SMILES string of the molecule is N#CC(C#N)=C(C[C@H](C/C=C/C1=CC(=O)CCC1)c1ccccc1Cl)c1ccccc1. The fourth-order valence-corrected chi connectivity index (χ4v) is 4.16. The molecule has 0 saturated heterocycles. The Bertz CT molecular complexity index is 1100. The Morgan fingerprint density at radius 1 is 1.03 bits per heavy atom. The van der Waals surface area contributed by atoms with Gasteiger partial charge in [0.2, 0.25) is 0 Å². The molecule has 3 rings (SSSR count). The van der Waals surface area contributed by atoms with Gasteiger partial charge in [0, 0.05) is 11.4 Å². The van der Waals surface area contributed by atoms with Crippen LogP contribution in [-0.2, 0) is 4.79 Å². The number of ketones is 1. The lowest BCUT2D eigenvalue weighted by Crippen LogP contribution is -2.03. The second-order valence-corrected chi connectivity index (χ2v) is 7.95. The molecule has 0 unspecified atom stereocenters. The van der Waals surface area contributed by atoms with Crippen LogP contribution in [0.15, 0.2) is 84.0 Å². The molecule has 0 fully saturated rings. The number of hydrogen-bond acceptors (Lipinski definition) is 3. The van der Waals surface area contributed by atoms with Gasteiger partial charge in [-0.05, 0) is 66.0 Å². The van der Waals surface area contributed by atoms with E-state index in [1.165, 1.54) is 0 Å². The molecule has 0 radical (unpaired) electrons. The van der Waals surface area contributed by atoms with E-state index in [2.05, 4.69) is 18.2 Å². The highest BCUT2D eigenvalue weighted by Crippen LogP contribution is 2.37. The smallest absolute Gasteiger partial charge is 0.155 e. The Balaban J connectivity index is 1.95. The van der Waals surface area contributed by atoms with E-state index < -0.39 is 0 Å². The van der Waals surface area contributed by atoms with E-state index in [0.717, 1.165) is 35.1 Å². The fraction of sp³-hybridized carbons (Fsp3) is 0.222. The highest BCUT2D eigenvalue weighted by atomic mass is 35.5. The van der Waals surface area contributed by atoms with Gasteiger partial charge in [0.15, 0.2) is 5.78 Å². The maximum absolute atomic E-state index is 11.7. The molecule has 0 spiro atoms. The number of carbonyl (C=O) groups is 1. The van der Waals surface area contributed by atoms with Crippen molar-refractivity contribution in [1.29, 1.82) is 10.5 Å². The van der Waals surface area contributed by atoms with Crippen molar-refractivity contribution in [3.8, 4) is 12.1 Å². The zero-order valence-corrected chi connectivity index (χ0v) is 18.0. The Labute approximate surface area is 188 Å². The second kappa shape index (κ2) is 11.1. The molecule has 154 valence electrons. The van der Waals surface area contributed by atoms with E-state index >= 15 is 0 Å². The number of carbonyl (C=O) groups excluding carboxylic acids is 1. The Morgan fingerprint density at radius 2 is 1.74 bits per heavy atom. The maximum Gasteiger partial charge on any atom is 0.155 e. The van der Waals surface area contributed by atoms with Gasteiger partial charge in [-0.2, -0.15) is 10.5 Å². The first kappa shape index (κ1) is 22.3. The van der Waals surface area contributed by atoms with Gasteiger partial charge in [-0.25, -0.2) is 0 Å². The number of allylic oxidation sites excluding steroid dienone is 6. The summed E-state index contributed by atoms with van der Waals surface area (Å²) in [5.41, 5.74) is 3.72. The average Bonchev–Trinajstić information content (AvgIpc) is 2.79. The number of nitriles is 2. The minimum absolute atomic E-state index is 0.0169. The van der Waals surface area contributed by atoms with Gasteiger partial charge in [0.25, 0.3) is 0 Å². The number of benzene rings is 2. The van der Waals surface area contributed by atoms with Crippen molar-refractivity contribution in [3.05, 3.63) is 100 Å². The number of nitrogens with zero attached hydrogens (tertiary/aromatic N) is 2. The third-order valence-electron chi connectivity index (χ3n) is 5.43. The van der Waals surface area contributed by atoms with E-state index in [4.69, 9.17) is 11.6 Å². The molecule has 31 heavy (non-hydrogen) atoms. The molecule has 2 aromatic rings. The van der Waals surface area contributed by atoms with Crippen LogP contribution in [0.25, 0.3) is 5.57 Å². The van der Waals surface area contributed by atoms with Crippen molar-refractivity contribution in [2.75, 3.05) is 0 Å². The summed E-state index contributed by atoms with van der Waals surface area (Å²) in [6.45, 7) is 0. The van der Waals surface area contributed by atoms with Gasteiger partial charge in [-0.1, -0.05) is 72.3 Å². The molecule has 1 aliphatic rings. The highest BCUT2D eigenvalue weighted by Gasteiger charge is 2.19. The molecule has 0 aromatic heterocycles. The summed E-state index contributed by atoms with van der Waals surface area (Å²) in [6.07, 6.45) is 9.40. The van der Waals surface area contributed by atoms with E-state index in [1.54, 1.807) is 6.08 Å². The van der Waals surface area contributed by atoms with Crippen molar-refractivity contribution in [2.24, 2.45) is 0 Å². The van der Waals surface area contributed by atoms with Crippen LogP contribution in [0.4, 0.5) is 0 Å². The predicted molar refractivity (Wildman–Crippen MR) is 124 cm³/mol. The molecular weight excluding hydrogens is 404 g/mol. The molecule has 0 bridgehead atoms. The molecule has 3 nitrogen and oxygen atoms in total. The molecular formula is C27H23ClN2O. The lowest BCUT2D eigenvalue weighted by molar-refractivity contribution is -0.115. The maximum atomic E-state index is 11.7. The Morgan fingerprint density at radius 3 is 2.42 bits per heavy atom. The van der Waals surface area contributed by atoms with Crippen LogP contribution in [0.3, 0.4) is 0 Å². The van der Waals surface area contributed by atoms with E-state index in [9.17, 15) is 15.3 Å². The molecule has 0 N–H and O–H groups in total. The lowest BCUT2D eigenvalue weighted by atomic mass is 9.84. The van der Waals surface area contributed by atoms with Gasteiger partial charge in [-0.3, -0.25) is 4.79 Å². The minimum Gasteiger partial charge on any atom is -0.295 e. The fourth-order valence-electron chi connectivity index (χ4n) is 3.87. The molecule has 0 aliphatic heterocycles. The summed E-state index contributed by atoms with van der Waals surface area (Å²) in [7, 11) is 0. The minimum atomic E-state index is -0.0169. The molecule has 0 heterocycles.